The second kappa shape index (κ2) is 8.54. The number of amides is 1. The van der Waals surface area contributed by atoms with Crippen LogP contribution in [0.3, 0.4) is 0 Å². The molecule has 172 valence electrons. The van der Waals surface area contributed by atoms with E-state index in [9.17, 15) is 15.0 Å². The first kappa shape index (κ1) is 23.7. The summed E-state index contributed by atoms with van der Waals surface area (Å²) in [6, 6.07) is -1.03. The Morgan fingerprint density at radius 2 is 1.97 bits per heavy atom. The van der Waals surface area contributed by atoms with E-state index in [1.165, 1.54) is 6.33 Å². The Hall–Kier alpha value is -1.94. The van der Waals surface area contributed by atoms with Crippen LogP contribution in [0.4, 0.5) is 4.79 Å². The van der Waals surface area contributed by atoms with Crippen LogP contribution in [0.2, 0.25) is 5.15 Å². The number of ether oxygens (including phenoxy) is 2. The third-order valence-electron chi connectivity index (χ3n) is 5.51. The molecule has 0 saturated carbocycles. The van der Waals surface area contributed by atoms with Gasteiger partial charge in [0.1, 0.15) is 17.4 Å². The molecule has 10 heteroatoms. The molecule has 1 aliphatic heterocycles. The van der Waals surface area contributed by atoms with Crippen LogP contribution in [0.1, 0.15) is 53.1 Å². The van der Waals surface area contributed by atoms with Gasteiger partial charge in [-0.2, -0.15) is 0 Å². The van der Waals surface area contributed by atoms with Gasteiger partial charge in [0, 0.05) is 17.7 Å². The second-order valence-corrected chi connectivity index (χ2v) is 9.85. The summed E-state index contributed by atoms with van der Waals surface area (Å²) in [6.07, 6.45) is 2.60. The van der Waals surface area contributed by atoms with Gasteiger partial charge < -0.3 is 24.7 Å². The summed E-state index contributed by atoms with van der Waals surface area (Å²) in [7, 11) is 0. The molecule has 3 rings (SSSR count). The monoisotopic (exact) mass is 454 g/mol. The molecule has 31 heavy (non-hydrogen) atoms. The minimum atomic E-state index is -1.34. The molecule has 1 saturated heterocycles. The first-order valence-corrected chi connectivity index (χ1v) is 10.7. The Kier molecular flexibility index (Phi) is 6.53. The Morgan fingerprint density at radius 1 is 1.29 bits per heavy atom. The maximum Gasteiger partial charge on any atom is 0.411 e. The smallest absolute Gasteiger partial charge is 0.411 e. The number of carbonyl (C=O) groups excluding carboxylic acids is 1. The van der Waals surface area contributed by atoms with Crippen LogP contribution in [-0.2, 0) is 9.47 Å². The maximum atomic E-state index is 13.3. The van der Waals surface area contributed by atoms with Crippen LogP contribution in [0.15, 0.2) is 12.5 Å². The number of aliphatic hydroxyl groups is 2. The zero-order valence-corrected chi connectivity index (χ0v) is 19.5. The van der Waals surface area contributed by atoms with Gasteiger partial charge in [-0.05, 0) is 40.5 Å². The van der Waals surface area contributed by atoms with Crippen molar-refractivity contribution in [3.8, 4) is 0 Å². The summed E-state index contributed by atoms with van der Waals surface area (Å²) in [5.41, 5.74) is 1.22. The molecule has 3 heterocycles. The average Bonchev–Trinajstić information content (AvgIpc) is 3.17. The Balaban J connectivity index is 2.07. The number of rotatable bonds is 5. The summed E-state index contributed by atoms with van der Waals surface area (Å²) in [5, 5.41) is 20.6. The summed E-state index contributed by atoms with van der Waals surface area (Å²) in [4.78, 5) is 26.3. The molecule has 0 spiro atoms. The number of likely N-dealkylation sites (tertiary alicyclic amines) is 1. The van der Waals surface area contributed by atoms with Crippen molar-refractivity contribution in [2.45, 2.75) is 65.0 Å². The molecular weight excluding hydrogens is 424 g/mol. The third kappa shape index (κ3) is 4.95. The molecule has 0 aromatic carbocycles. The van der Waals surface area contributed by atoms with Crippen molar-refractivity contribution >= 4 is 28.7 Å². The van der Waals surface area contributed by atoms with E-state index in [4.69, 9.17) is 21.1 Å². The van der Waals surface area contributed by atoms with E-state index in [-0.39, 0.29) is 30.2 Å². The van der Waals surface area contributed by atoms with Crippen molar-refractivity contribution in [2.75, 3.05) is 13.2 Å². The number of H-pyrrole nitrogens is 1. The Morgan fingerprint density at radius 3 is 2.55 bits per heavy atom. The number of carbonyl (C=O) groups is 1. The molecule has 9 nitrogen and oxygen atoms in total. The zero-order valence-electron chi connectivity index (χ0n) is 18.7. The van der Waals surface area contributed by atoms with Gasteiger partial charge in [0.15, 0.2) is 10.9 Å². The van der Waals surface area contributed by atoms with Crippen LogP contribution in [0.5, 0.6) is 0 Å². The van der Waals surface area contributed by atoms with Gasteiger partial charge in [0.25, 0.3) is 0 Å². The summed E-state index contributed by atoms with van der Waals surface area (Å²) >= 11 is 6.21. The molecule has 1 fully saturated rings. The fraction of sp³-hybridized carbons (Fsp3) is 0.667. The lowest BCUT2D eigenvalue weighted by atomic mass is 9.87. The van der Waals surface area contributed by atoms with Gasteiger partial charge in [-0.3, -0.25) is 4.90 Å². The van der Waals surface area contributed by atoms with Gasteiger partial charge >= 0.3 is 6.09 Å². The average molecular weight is 455 g/mol. The molecule has 3 N–H and O–H groups in total. The molecule has 0 aliphatic carbocycles. The van der Waals surface area contributed by atoms with E-state index in [2.05, 4.69) is 15.0 Å². The largest absolute Gasteiger partial charge is 0.444 e. The van der Waals surface area contributed by atoms with Crippen LogP contribution in [0, 0.1) is 11.8 Å². The molecule has 1 aliphatic rings. The lowest BCUT2D eigenvalue weighted by Crippen LogP contribution is -2.45. The van der Waals surface area contributed by atoms with Crippen molar-refractivity contribution in [2.24, 2.45) is 11.8 Å². The van der Waals surface area contributed by atoms with Crippen molar-refractivity contribution in [1.29, 1.82) is 0 Å². The lowest BCUT2D eigenvalue weighted by Gasteiger charge is -2.33. The van der Waals surface area contributed by atoms with Crippen molar-refractivity contribution in [1.82, 2.24) is 19.9 Å². The summed E-state index contributed by atoms with van der Waals surface area (Å²) < 4.78 is 11.3. The SMILES string of the molecule is CC1C(COC(C)(C)O)C(CO)N(C(=O)OC(C)(C)C)C1c1c[nH]c2c(Cl)ncnc12. The van der Waals surface area contributed by atoms with Crippen molar-refractivity contribution in [3.05, 3.63) is 23.2 Å². The van der Waals surface area contributed by atoms with E-state index in [0.717, 1.165) is 5.56 Å². The normalized spacial score (nSPS) is 24.7. The molecule has 0 radical (unpaired) electrons. The van der Waals surface area contributed by atoms with Gasteiger partial charge in [0.2, 0.25) is 0 Å². The quantitative estimate of drug-likeness (QED) is 0.468. The predicted octanol–water partition coefficient (Wildman–Crippen LogP) is 3.26. The molecular formula is C21H31ClN4O5. The second-order valence-electron chi connectivity index (χ2n) is 9.50. The Labute approximate surface area is 186 Å². The topological polar surface area (TPSA) is 121 Å². The summed E-state index contributed by atoms with van der Waals surface area (Å²) in [6.45, 7) is 10.3. The molecule has 2 aromatic rings. The number of aromatic nitrogens is 3. The first-order valence-electron chi connectivity index (χ1n) is 10.3. The fourth-order valence-electron chi connectivity index (χ4n) is 4.19. The Bertz CT molecular complexity index is 936. The number of fused-ring (bicyclic) bond motifs is 1. The predicted molar refractivity (Wildman–Crippen MR) is 115 cm³/mol. The van der Waals surface area contributed by atoms with Gasteiger partial charge in [-0.15, -0.1) is 0 Å². The van der Waals surface area contributed by atoms with Crippen molar-refractivity contribution < 1.29 is 24.5 Å². The highest BCUT2D eigenvalue weighted by Gasteiger charge is 2.51. The van der Waals surface area contributed by atoms with Gasteiger partial charge in [0.05, 0.1) is 30.8 Å². The first-order chi connectivity index (χ1) is 14.3. The molecule has 4 atom stereocenters. The zero-order chi connectivity index (χ0) is 23.1. The third-order valence-corrected chi connectivity index (χ3v) is 5.80. The molecule has 2 aromatic heterocycles. The van der Waals surface area contributed by atoms with E-state index in [1.807, 2.05) is 6.92 Å². The highest BCUT2D eigenvalue weighted by molar-refractivity contribution is 6.33. The molecule has 0 bridgehead atoms. The number of aromatic amines is 1. The van der Waals surface area contributed by atoms with Crippen molar-refractivity contribution in [3.63, 3.8) is 0 Å². The van der Waals surface area contributed by atoms with E-state index in [1.54, 1.807) is 45.7 Å². The number of aliphatic hydroxyl groups excluding tert-OH is 1. The standard InChI is InChI=1S/C21H31ClN4O5/c1-11-13(9-30-21(5,6)29)14(8-27)26(19(28)31-20(2,3)4)17(11)12-7-23-16-15(12)24-10-25-18(16)22/h7,10-11,13-14,17,23,27,29H,8-9H2,1-6H3. The van der Waals surface area contributed by atoms with Gasteiger partial charge in [-0.25, -0.2) is 14.8 Å². The number of hydrogen-bond acceptors (Lipinski definition) is 7. The minimum absolute atomic E-state index is 0.139. The summed E-state index contributed by atoms with van der Waals surface area (Å²) in [5.74, 6) is -1.73. The van der Waals surface area contributed by atoms with E-state index >= 15 is 0 Å². The van der Waals surface area contributed by atoms with Crippen LogP contribution >= 0.6 is 11.6 Å². The van der Waals surface area contributed by atoms with E-state index in [0.29, 0.717) is 11.0 Å². The highest BCUT2D eigenvalue weighted by Crippen LogP contribution is 2.47. The highest BCUT2D eigenvalue weighted by atomic mass is 35.5. The molecule has 1 amide bonds. The van der Waals surface area contributed by atoms with Crippen LogP contribution in [-0.4, -0.2) is 66.8 Å². The van der Waals surface area contributed by atoms with Gasteiger partial charge in [-0.1, -0.05) is 18.5 Å². The lowest BCUT2D eigenvalue weighted by molar-refractivity contribution is -0.186. The number of halogens is 1. The number of nitrogens with zero attached hydrogens (tertiary/aromatic N) is 3. The molecule has 4 unspecified atom stereocenters. The number of hydrogen-bond donors (Lipinski definition) is 3. The van der Waals surface area contributed by atoms with Crippen LogP contribution < -0.4 is 0 Å². The van der Waals surface area contributed by atoms with E-state index < -0.39 is 29.6 Å². The van der Waals surface area contributed by atoms with Crippen LogP contribution in [0.25, 0.3) is 11.0 Å². The number of nitrogens with one attached hydrogen (secondary N) is 1. The minimum Gasteiger partial charge on any atom is -0.444 e. The fourth-order valence-corrected chi connectivity index (χ4v) is 4.38. The maximum absolute atomic E-state index is 13.3.